The molecule has 0 atom stereocenters. The molecule has 0 aromatic heterocycles. The van der Waals surface area contributed by atoms with E-state index in [1.54, 1.807) is 13.1 Å². The normalized spacial score (nSPS) is 9.57. The predicted molar refractivity (Wildman–Crippen MR) is 53.8 cm³/mol. The fourth-order valence-corrected chi connectivity index (χ4v) is 1.08. The average Bonchev–Trinajstić information content (AvgIpc) is 2.17. The first kappa shape index (κ1) is 10.3. The van der Waals surface area contributed by atoms with Gasteiger partial charge >= 0.3 is 0 Å². The Hall–Kier alpha value is -1.78. The van der Waals surface area contributed by atoms with E-state index in [0.717, 1.165) is 0 Å². The van der Waals surface area contributed by atoms with Crippen LogP contribution in [0.1, 0.15) is 6.92 Å². The van der Waals surface area contributed by atoms with E-state index in [2.05, 4.69) is 5.32 Å². The van der Waals surface area contributed by atoms with Gasteiger partial charge in [0.2, 0.25) is 0 Å². The van der Waals surface area contributed by atoms with Gasteiger partial charge in [-0.1, -0.05) is 0 Å². The van der Waals surface area contributed by atoms with Gasteiger partial charge in [0, 0.05) is 24.9 Å². The summed E-state index contributed by atoms with van der Waals surface area (Å²) in [5.41, 5.74) is 0.697. The van der Waals surface area contributed by atoms with Gasteiger partial charge in [0.15, 0.2) is 0 Å². The molecule has 1 aromatic carbocycles. The zero-order valence-electron chi connectivity index (χ0n) is 8.11. The lowest BCUT2D eigenvalue weighted by molar-refractivity contribution is -0.384. The Morgan fingerprint density at radius 1 is 1.50 bits per heavy atom. The smallest absolute Gasteiger partial charge is 0.275 e. The van der Waals surface area contributed by atoms with Gasteiger partial charge in [0.05, 0.1) is 17.6 Å². The second-order valence-electron chi connectivity index (χ2n) is 2.66. The maximum Gasteiger partial charge on any atom is 0.275 e. The fourth-order valence-electron chi connectivity index (χ4n) is 1.08. The van der Waals surface area contributed by atoms with Gasteiger partial charge in [-0.2, -0.15) is 0 Å². The van der Waals surface area contributed by atoms with E-state index in [1.165, 1.54) is 12.1 Å². The molecular formula is C9H12N2O3. The van der Waals surface area contributed by atoms with Crippen LogP contribution in [0.5, 0.6) is 5.75 Å². The molecule has 0 aliphatic heterocycles. The third-order valence-electron chi connectivity index (χ3n) is 1.70. The Labute approximate surface area is 81.8 Å². The molecule has 76 valence electrons. The molecule has 1 rings (SSSR count). The molecule has 0 radical (unpaired) electrons. The van der Waals surface area contributed by atoms with Crippen LogP contribution >= 0.6 is 0 Å². The number of hydrogen-bond acceptors (Lipinski definition) is 4. The van der Waals surface area contributed by atoms with Crippen LogP contribution in [0.25, 0.3) is 0 Å². The van der Waals surface area contributed by atoms with E-state index >= 15 is 0 Å². The summed E-state index contributed by atoms with van der Waals surface area (Å²) in [5, 5.41) is 13.4. The van der Waals surface area contributed by atoms with Crippen LogP contribution in [-0.2, 0) is 0 Å². The Balaban J connectivity index is 3.06. The number of hydrogen-bond donors (Lipinski definition) is 1. The minimum atomic E-state index is -0.441. The van der Waals surface area contributed by atoms with E-state index in [9.17, 15) is 10.1 Å². The molecule has 0 spiro atoms. The second kappa shape index (κ2) is 4.45. The largest absolute Gasteiger partial charge is 0.494 e. The highest BCUT2D eigenvalue weighted by Crippen LogP contribution is 2.25. The minimum Gasteiger partial charge on any atom is -0.494 e. The monoisotopic (exact) mass is 196 g/mol. The molecule has 0 aliphatic rings. The van der Waals surface area contributed by atoms with Crippen molar-refractivity contribution >= 4 is 11.4 Å². The topological polar surface area (TPSA) is 64.4 Å². The second-order valence-corrected chi connectivity index (χ2v) is 2.66. The molecule has 0 amide bonds. The van der Waals surface area contributed by atoms with Crippen molar-refractivity contribution in [3.05, 3.63) is 28.3 Å². The van der Waals surface area contributed by atoms with E-state index in [-0.39, 0.29) is 5.69 Å². The van der Waals surface area contributed by atoms with Crippen molar-refractivity contribution in [2.45, 2.75) is 6.92 Å². The van der Waals surface area contributed by atoms with Crippen LogP contribution < -0.4 is 10.1 Å². The lowest BCUT2D eigenvalue weighted by Crippen LogP contribution is -1.96. The highest BCUT2D eigenvalue weighted by molar-refractivity contribution is 5.55. The Kier molecular flexibility index (Phi) is 3.28. The number of ether oxygens (including phenoxy) is 1. The van der Waals surface area contributed by atoms with Crippen molar-refractivity contribution in [1.82, 2.24) is 0 Å². The fraction of sp³-hybridized carbons (Fsp3) is 0.333. The Morgan fingerprint density at radius 3 is 2.71 bits per heavy atom. The van der Waals surface area contributed by atoms with Crippen molar-refractivity contribution in [3.63, 3.8) is 0 Å². The number of nitro groups is 1. The first-order chi connectivity index (χ1) is 6.67. The van der Waals surface area contributed by atoms with E-state index in [4.69, 9.17) is 4.74 Å². The number of nitrogens with one attached hydrogen (secondary N) is 1. The van der Waals surface area contributed by atoms with E-state index in [1.807, 2.05) is 6.92 Å². The van der Waals surface area contributed by atoms with Crippen LogP contribution in [0.4, 0.5) is 11.4 Å². The number of rotatable bonds is 4. The summed E-state index contributed by atoms with van der Waals surface area (Å²) < 4.78 is 5.19. The predicted octanol–water partition coefficient (Wildman–Crippen LogP) is 2.04. The van der Waals surface area contributed by atoms with Gasteiger partial charge in [0.25, 0.3) is 5.69 Å². The third-order valence-corrected chi connectivity index (χ3v) is 1.70. The molecule has 14 heavy (non-hydrogen) atoms. The zero-order valence-corrected chi connectivity index (χ0v) is 8.11. The summed E-state index contributed by atoms with van der Waals surface area (Å²) in [5.74, 6) is 0.506. The number of nitro benzene ring substituents is 1. The van der Waals surface area contributed by atoms with Crippen molar-refractivity contribution in [3.8, 4) is 5.75 Å². The molecule has 0 saturated heterocycles. The molecule has 0 bridgehead atoms. The van der Waals surface area contributed by atoms with Gasteiger partial charge in [-0.3, -0.25) is 10.1 Å². The highest BCUT2D eigenvalue weighted by Gasteiger charge is 2.09. The van der Waals surface area contributed by atoms with Crippen LogP contribution in [0.3, 0.4) is 0 Å². The minimum absolute atomic E-state index is 0.0281. The molecular weight excluding hydrogens is 184 g/mol. The summed E-state index contributed by atoms with van der Waals surface area (Å²) >= 11 is 0. The first-order valence-electron chi connectivity index (χ1n) is 4.27. The molecule has 0 fully saturated rings. The maximum absolute atomic E-state index is 10.5. The van der Waals surface area contributed by atoms with E-state index in [0.29, 0.717) is 18.0 Å². The van der Waals surface area contributed by atoms with Crippen LogP contribution in [0, 0.1) is 10.1 Å². The van der Waals surface area contributed by atoms with Gasteiger partial charge in [-0.15, -0.1) is 0 Å². The number of non-ortho nitro benzene ring substituents is 1. The third kappa shape index (κ3) is 2.35. The van der Waals surface area contributed by atoms with E-state index < -0.39 is 4.92 Å². The quantitative estimate of drug-likeness (QED) is 0.591. The lowest BCUT2D eigenvalue weighted by atomic mass is 10.2. The van der Waals surface area contributed by atoms with Crippen molar-refractivity contribution in [1.29, 1.82) is 0 Å². The van der Waals surface area contributed by atoms with Crippen LogP contribution in [0.15, 0.2) is 18.2 Å². The summed E-state index contributed by atoms with van der Waals surface area (Å²) in [7, 11) is 1.70. The SMILES string of the molecule is CCOc1cc(NC)cc([N+](=O)[O-])c1. The Bertz CT molecular complexity index is 339. The molecule has 0 saturated carbocycles. The summed E-state index contributed by atoms with van der Waals surface area (Å²) in [6.07, 6.45) is 0. The van der Waals surface area contributed by atoms with Gasteiger partial charge < -0.3 is 10.1 Å². The highest BCUT2D eigenvalue weighted by atomic mass is 16.6. The van der Waals surface area contributed by atoms with Crippen molar-refractivity contribution in [2.75, 3.05) is 19.0 Å². The summed E-state index contributed by atoms with van der Waals surface area (Å²) in [4.78, 5) is 10.1. The standard InChI is InChI=1S/C9H12N2O3/c1-3-14-9-5-7(10-2)4-8(6-9)11(12)13/h4-6,10H,3H2,1-2H3. The molecule has 1 N–H and O–H groups in total. The number of benzene rings is 1. The van der Waals surface area contributed by atoms with Crippen LogP contribution in [-0.4, -0.2) is 18.6 Å². The summed E-state index contributed by atoms with van der Waals surface area (Å²) in [6.45, 7) is 2.32. The van der Waals surface area contributed by atoms with Gasteiger partial charge in [0.1, 0.15) is 5.75 Å². The Morgan fingerprint density at radius 2 is 2.21 bits per heavy atom. The molecule has 5 nitrogen and oxygen atoms in total. The maximum atomic E-state index is 10.5. The van der Waals surface area contributed by atoms with Gasteiger partial charge in [-0.25, -0.2) is 0 Å². The molecule has 5 heteroatoms. The number of anilines is 1. The number of nitrogens with zero attached hydrogens (tertiary/aromatic N) is 1. The lowest BCUT2D eigenvalue weighted by Gasteiger charge is -2.05. The van der Waals surface area contributed by atoms with Crippen LogP contribution in [0.2, 0.25) is 0 Å². The van der Waals surface area contributed by atoms with Crippen molar-refractivity contribution in [2.24, 2.45) is 0 Å². The average molecular weight is 196 g/mol. The molecule has 0 unspecified atom stereocenters. The zero-order chi connectivity index (χ0) is 10.6. The summed E-state index contributed by atoms with van der Waals surface area (Å²) in [6, 6.07) is 4.59. The molecule has 0 heterocycles. The van der Waals surface area contributed by atoms with Gasteiger partial charge in [-0.05, 0) is 6.92 Å². The molecule has 1 aromatic rings. The molecule has 0 aliphatic carbocycles. The van der Waals surface area contributed by atoms with Crippen molar-refractivity contribution < 1.29 is 9.66 Å². The first-order valence-corrected chi connectivity index (χ1v) is 4.27.